The third-order valence-electron chi connectivity index (χ3n) is 3.06. The first kappa shape index (κ1) is 13.3. The fraction of sp³-hybridized carbons (Fsp3) is 0.0714. The first-order valence-corrected chi connectivity index (χ1v) is 6.61. The van der Waals surface area contributed by atoms with E-state index >= 15 is 0 Å². The number of methoxy groups -OCH3 is 1. The summed E-state index contributed by atoms with van der Waals surface area (Å²) in [6.45, 7) is 0. The molecule has 106 valence electrons. The standard InChI is InChI=1S/C14H12N4O2S/c1-20-11-5-3-2-4-8(11)10-7-6-9(13(19)15-10)12-16-14(21)18-17-12/h2-7H,1H3,(H,15,19)(H2,16,17,18,21). The van der Waals surface area contributed by atoms with Gasteiger partial charge in [-0.15, -0.1) is 0 Å². The molecule has 0 fully saturated rings. The van der Waals surface area contributed by atoms with Gasteiger partial charge in [0.2, 0.25) is 4.77 Å². The number of aromatic amines is 3. The number of pyridine rings is 1. The summed E-state index contributed by atoms with van der Waals surface area (Å²) in [6, 6.07) is 11.0. The number of para-hydroxylation sites is 1. The van der Waals surface area contributed by atoms with E-state index in [1.54, 1.807) is 19.2 Å². The van der Waals surface area contributed by atoms with E-state index in [9.17, 15) is 4.79 Å². The average Bonchev–Trinajstić information content (AvgIpc) is 2.93. The smallest absolute Gasteiger partial charge is 0.259 e. The number of ether oxygens (including phenoxy) is 1. The third kappa shape index (κ3) is 2.50. The van der Waals surface area contributed by atoms with Crippen molar-refractivity contribution in [2.24, 2.45) is 0 Å². The maximum atomic E-state index is 12.2. The fourth-order valence-electron chi connectivity index (χ4n) is 2.08. The lowest BCUT2D eigenvalue weighted by Crippen LogP contribution is -2.10. The van der Waals surface area contributed by atoms with Gasteiger partial charge in [-0.05, 0) is 36.5 Å². The average molecular weight is 300 g/mol. The van der Waals surface area contributed by atoms with Crippen molar-refractivity contribution in [3.63, 3.8) is 0 Å². The number of nitrogens with zero attached hydrogens (tertiary/aromatic N) is 1. The summed E-state index contributed by atoms with van der Waals surface area (Å²) in [7, 11) is 1.59. The van der Waals surface area contributed by atoms with Gasteiger partial charge in [0.15, 0.2) is 5.82 Å². The zero-order valence-electron chi connectivity index (χ0n) is 11.1. The Morgan fingerprint density at radius 2 is 1.90 bits per heavy atom. The number of benzene rings is 1. The molecular weight excluding hydrogens is 288 g/mol. The molecule has 0 spiro atoms. The van der Waals surface area contributed by atoms with Gasteiger partial charge in [0.05, 0.1) is 18.4 Å². The van der Waals surface area contributed by atoms with Crippen LogP contribution >= 0.6 is 12.2 Å². The summed E-state index contributed by atoms with van der Waals surface area (Å²) < 4.78 is 5.60. The van der Waals surface area contributed by atoms with Crippen molar-refractivity contribution in [2.75, 3.05) is 7.11 Å². The molecule has 0 amide bonds. The van der Waals surface area contributed by atoms with E-state index in [4.69, 9.17) is 17.0 Å². The molecule has 0 aliphatic heterocycles. The van der Waals surface area contributed by atoms with E-state index in [1.807, 2.05) is 24.3 Å². The second kappa shape index (κ2) is 5.37. The van der Waals surface area contributed by atoms with Gasteiger partial charge in [0, 0.05) is 5.56 Å². The van der Waals surface area contributed by atoms with Gasteiger partial charge in [-0.25, -0.2) is 0 Å². The number of hydrogen-bond acceptors (Lipinski definition) is 4. The Morgan fingerprint density at radius 1 is 1.10 bits per heavy atom. The Labute approximate surface area is 124 Å². The lowest BCUT2D eigenvalue weighted by molar-refractivity contribution is 0.416. The van der Waals surface area contributed by atoms with Crippen molar-refractivity contribution in [1.29, 1.82) is 0 Å². The van der Waals surface area contributed by atoms with Gasteiger partial charge < -0.3 is 9.72 Å². The second-order valence-corrected chi connectivity index (χ2v) is 4.72. The lowest BCUT2D eigenvalue weighted by atomic mass is 10.1. The predicted octanol–water partition coefficient (Wildman–Crippen LogP) is 2.50. The van der Waals surface area contributed by atoms with E-state index in [1.165, 1.54) is 0 Å². The molecule has 3 rings (SSSR count). The Balaban J connectivity index is 2.10. The zero-order valence-corrected chi connectivity index (χ0v) is 12.0. The molecule has 1 aromatic carbocycles. The topological polar surface area (TPSA) is 86.6 Å². The molecule has 7 heteroatoms. The van der Waals surface area contributed by atoms with Gasteiger partial charge >= 0.3 is 0 Å². The lowest BCUT2D eigenvalue weighted by Gasteiger charge is -2.08. The normalized spacial score (nSPS) is 10.5. The first-order valence-electron chi connectivity index (χ1n) is 6.21. The van der Waals surface area contributed by atoms with E-state index < -0.39 is 0 Å². The summed E-state index contributed by atoms with van der Waals surface area (Å²) in [6.07, 6.45) is 0. The van der Waals surface area contributed by atoms with Crippen LogP contribution in [0.25, 0.3) is 22.6 Å². The van der Waals surface area contributed by atoms with Crippen LogP contribution < -0.4 is 10.3 Å². The highest BCUT2D eigenvalue weighted by molar-refractivity contribution is 7.71. The summed E-state index contributed by atoms with van der Waals surface area (Å²) in [5, 5.41) is 5.42. The van der Waals surface area contributed by atoms with E-state index in [2.05, 4.69) is 20.2 Å². The SMILES string of the molecule is COc1ccccc1-c1ccc(-c2nc(=S)[nH][nH]2)c(=O)[nH]1. The maximum absolute atomic E-state index is 12.2. The van der Waals surface area contributed by atoms with Gasteiger partial charge in [-0.2, -0.15) is 4.98 Å². The second-order valence-electron chi connectivity index (χ2n) is 4.33. The first-order chi connectivity index (χ1) is 10.2. The quantitative estimate of drug-likeness (QED) is 0.649. The molecule has 0 aliphatic rings. The molecule has 0 saturated carbocycles. The van der Waals surface area contributed by atoms with Crippen LogP contribution in [0.1, 0.15) is 0 Å². The maximum Gasteiger partial charge on any atom is 0.259 e. The van der Waals surface area contributed by atoms with Gasteiger partial charge in [0.25, 0.3) is 5.56 Å². The number of rotatable bonds is 3. The molecule has 21 heavy (non-hydrogen) atoms. The van der Waals surface area contributed by atoms with Gasteiger partial charge in [-0.3, -0.25) is 15.0 Å². The van der Waals surface area contributed by atoms with Crippen LogP contribution in [0.5, 0.6) is 5.75 Å². The van der Waals surface area contributed by atoms with E-state index in [0.29, 0.717) is 27.6 Å². The molecule has 0 unspecified atom stereocenters. The van der Waals surface area contributed by atoms with Crippen molar-refractivity contribution >= 4 is 12.2 Å². The van der Waals surface area contributed by atoms with Crippen LogP contribution in [0, 0.1) is 4.77 Å². The molecular formula is C14H12N4O2S. The van der Waals surface area contributed by atoms with Crippen LogP contribution in [0.2, 0.25) is 0 Å². The molecule has 0 saturated heterocycles. The van der Waals surface area contributed by atoms with Crippen LogP contribution in [-0.4, -0.2) is 27.3 Å². The largest absolute Gasteiger partial charge is 0.496 e. The summed E-state index contributed by atoms with van der Waals surface area (Å²) in [5.74, 6) is 1.10. The summed E-state index contributed by atoms with van der Waals surface area (Å²) >= 11 is 4.88. The molecule has 0 bridgehead atoms. The monoisotopic (exact) mass is 300 g/mol. The molecule has 6 nitrogen and oxygen atoms in total. The number of hydrogen-bond donors (Lipinski definition) is 3. The molecule has 0 atom stereocenters. The number of H-pyrrole nitrogens is 3. The van der Waals surface area contributed by atoms with Crippen molar-refractivity contribution in [2.45, 2.75) is 0 Å². The minimum atomic E-state index is -0.254. The van der Waals surface area contributed by atoms with Crippen LogP contribution in [0.4, 0.5) is 0 Å². The summed E-state index contributed by atoms with van der Waals surface area (Å²) in [4.78, 5) is 19.1. The van der Waals surface area contributed by atoms with Crippen LogP contribution in [0.3, 0.4) is 0 Å². The van der Waals surface area contributed by atoms with Gasteiger partial charge in [-0.1, -0.05) is 12.1 Å². The van der Waals surface area contributed by atoms with Crippen molar-refractivity contribution in [3.05, 3.63) is 51.5 Å². The highest BCUT2D eigenvalue weighted by atomic mass is 32.1. The molecule has 3 aromatic rings. The Morgan fingerprint density at radius 3 is 2.57 bits per heavy atom. The van der Waals surface area contributed by atoms with Crippen LogP contribution in [-0.2, 0) is 0 Å². The molecule has 3 N–H and O–H groups in total. The van der Waals surface area contributed by atoms with Gasteiger partial charge in [0.1, 0.15) is 5.75 Å². The molecule has 2 aromatic heterocycles. The highest BCUT2D eigenvalue weighted by Crippen LogP contribution is 2.27. The summed E-state index contributed by atoms with van der Waals surface area (Å²) in [5.41, 5.74) is 1.66. The Hall–Kier alpha value is -2.67. The van der Waals surface area contributed by atoms with Crippen molar-refractivity contribution < 1.29 is 4.74 Å². The van der Waals surface area contributed by atoms with E-state index in [-0.39, 0.29) is 5.56 Å². The molecule has 0 radical (unpaired) electrons. The Kier molecular flexibility index (Phi) is 3.41. The van der Waals surface area contributed by atoms with Crippen LogP contribution in [0.15, 0.2) is 41.2 Å². The fourth-order valence-corrected chi connectivity index (χ4v) is 2.22. The van der Waals surface area contributed by atoms with E-state index in [0.717, 1.165) is 5.56 Å². The Bertz CT molecular complexity index is 894. The predicted molar refractivity (Wildman–Crippen MR) is 81.8 cm³/mol. The molecule has 0 aliphatic carbocycles. The minimum absolute atomic E-state index is 0.254. The molecule has 2 heterocycles. The zero-order chi connectivity index (χ0) is 14.8. The number of nitrogens with one attached hydrogen (secondary N) is 3. The van der Waals surface area contributed by atoms with Crippen molar-refractivity contribution in [3.8, 4) is 28.4 Å². The third-order valence-corrected chi connectivity index (χ3v) is 3.26. The highest BCUT2D eigenvalue weighted by Gasteiger charge is 2.10. The minimum Gasteiger partial charge on any atom is -0.496 e. The number of aromatic nitrogens is 4. The van der Waals surface area contributed by atoms with Crippen molar-refractivity contribution in [1.82, 2.24) is 20.2 Å².